The van der Waals surface area contributed by atoms with E-state index in [0.29, 0.717) is 19.0 Å². The van der Waals surface area contributed by atoms with Crippen molar-refractivity contribution in [3.05, 3.63) is 30.1 Å². The van der Waals surface area contributed by atoms with E-state index >= 15 is 0 Å². The number of hydrogen-bond acceptors (Lipinski definition) is 3. The number of amides is 1. The molecule has 0 bridgehead atoms. The first-order valence-corrected chi connectivity index (χ1v) is 6.15. The van der Waals surface area contributed by atoms with Crippen LogP contribution in [0.25, 0.3) is 0 Å². The largest absolute Gasteiger partial charge is 0.334 e. The van der Waals surface area contributed by atoms with Gasteiger partial charge in [0, 0.05) is 25.2 Å². The predicted octanol–water partition coefficient (Wildman–Crippen LogP) is 1.18. The van der Waals surface area contributed by atoms with Crippen molar-refractivity contribution >= 4 is 5.91 Å². The van der Waals surface area contributed by atoms with Crippen molar-refractivity contribution in [1.82, 2.24) is 15.2 Å². The Morgan fingerprint density at radius 2 is 2.35 bits per heavy atom. The Bertz CT molecular complexity index is 362. The van der Waals surface area contributed by atoms with Gasteiger partial charge in [-0.25, -0.2) is 0 Å². The van der Waals surface area contributed by atoms with Crippen molar-refractivity contribution in [2.75, 3.05) is 13.6 Å². The number of nitrogens with one attached hydrogen (secondary N) is 1. The van der Waals surface area contributed by atoms with E-state index in [1.807, 2.05) is 30.1 Å². The van der Waals surface area contributed by atoms with E-state index in [-0.39, 0.29) is 5.91 Å². The summed E-state index contributed by atoms with van der Waals surface area (Å²) in [5.41, 5.74) is 0.970. The first kappa shape index (κ1) is 12.0. The first-order chi connectivity index (χ1) is 8.31. The topological polar surface area (TPSA) is 45.2 Å². The molecule has 1 N–H and O–H groups in total. The zero-order valence-electron chi connectivity index (χ0n) is 10.2. The lowest BCUT2D eigenvalue weighted by atomic mass is 10.3. The fourth-order valence-corrected chi connectivity index (χ4v) is 1.85. The van der Waals surface area contributed by atoms with Crippen molar-refractivity contribution in [2.24, 2.45) is 0 Å². The first-order valence-electron chi connectivity index (χ1n) is 6.15. The van der Waals surface area contributed by atoms with Gasteiger partial charge in [0.2, 0.25) is 5.91 Å². The lowest BCUT2D eigenvalue weighted by Gasteiger charge is -2.22. The normalized spacial score (nSPS) is 14.6. The second kappa shape index (κ2) is 5.77. The summed E-state index contributed by atoms with van der Waals surface area (Å²) in [5.74, 6) is 0.229. The second-order valence-corrected chi connectivity index (χ2v) is 4.43. The van der Waals surface area contributed by atoms with Crippen molar-refractivity contribution < 1.29 is 4.79 Å². The molecule has 0 saturated heterocycles. The van der Waals surface area contributed by atoms with E-state index < -0.39 is 0 Å². The number of pyridine rings is 1. The molecule has 0 unspecified atom stereocenters. The van der Waals surface area contributed by atoms with E-state index in [1.54, 1.807) is 6.20 Å². The molecule has 1 aromatic rings. The number of carbonyl (C=O) groups is 1. The molecule has 4 nitrogen and oxygen atoms in total. The Hall–Kier alpha value is -1.42. The molecule has 1 saturated carbocycles. The van der Waals surface area contributed by atoms with Crippen LogP contribution >= 0.6 is 0 Å². The van der Waals surface area contributed by atoms with Crippen LogP contribution in [0.1, 0.15) is 25.0 Å². The average molecular weight is 233 g/mol. The SMILES string of the molecule is CNCCC(=O)N(Cc1ccccn1)C1CC1. The fourth-order valence-electron chi connectivity index (χ4n) is 1.85. The van der Waals surface area contributed by atoms with Gasteiger partial charge in [0.05, 0.1) is 12.2 Å². The van der Waals surface area contributed by atoms with Crippen LogP contribution in [-0.2, 0) is 11.3 Å². The molecule has 0 radical (unpaired) electrons. The molecule has 1 fully saturated rings. The lowest BCUT2D eigenvalue weighted by Crippen LogP contribution is -2.34. The van der Waals surface area contributed by atoms with E-state index in [4.69, 9.17) is 0 Å². The third-order valence-corrected chi connectivity index (χ3v) is 2.96. The van der Waals surface area contributed by atoms with Gasteiger partial charge in [-0.15, -0.1) is 0 Å². The summed E-state index contributed by atoms with van der Waals surface area (Å²) in [6, 6.07) is 6.28. The van der Waals surface area contributed by atoms with Gasteiger partial charge in [0.25, 0.3) is 0 Å². The highest BCUT2D eigenvalue weighted by Gasteiger charge is 2.32. The molecule has 92 valence electrons. The molecule has 1 heterocycles. The Labute approximate surface area is 102 Å². The van der Waals surface area contributed by atoms with Gasteiger partial charge in [-0.1, -0.05) is 6.07 Å². The smallest absolute Gasteiger partial charge is 0.224 e. The Kier molecular flexibility index (Phi) is 4.09. The van der Waals surface area contributed by atoms with Gasteiger partial charge in [-0.2, -0.15) is 0 Å². The Morgan fingerprint density at radius 3 is 2.94 bits per heavy atom. The van der Waals surface area contributed by atoms with Crippen LogP contribution in [0.5, 0.6) is 0 Å². The maximum Gasteiger partial charge on any atom is 0.224 e. The zero-order chi connectivity index (χ0) is 12.1. The van der Waals surface area contributed by atoms with Gasteiger partial charge in [0.1, 0.15) is 0 Å². The minimum atomic E-state index is 0.229. The Balaban J connectivity index is 1.95. The van der Waals surface area contributed by atoms with Crippen LogP contribution in [0.2, 0.25) is 0 Å². The van der Waals surface area contributed by atoms with Gasteiger partial charge < -0.3 is 10.2 Å². The maximum absolute atomic E-state index is 12.0. The maximum atomic E-state index is 12.0. The quantitative estimate of drug-likeness (QED) is 0.802. The number of rotatable bonds is 6. The van der Waals surface area contributed by atoms with E-state index in [9.17, 15) is 4.79 Å². The van der Waals surface area contributed by atoms with Crippen LogP contribution < -0.4 is 5.32 Å². The van der Waals surface area contributed by atoms with Crippen LogP contribution in [0.4, 0.5) is 0 Å². The molecule has 1 aromatic heterocycles. The van der Waals surface area contributed by atoms with E-state index in [0.717, 1.165) is 25.1 Å². The van der Waals surface area contributed by atoms with Crippen molar-refractivity contribution in [3.63, 3.8) is 0 Å². The van der Waals surface area contributed by atoms with Gasteiger partial charge in [-0.05, 0) is 32.0 Å². The van der Waals surface area contributed by atoms with Gasteiger partial charge in [-0.3, -0.25) is 9.78 Å². The van der Waals surface area contributed by atoms with E-state index in [1.165, 1.54) is 0 Å². The molecule has 17 heavy (non-hydrogen) atoms. The molecule has 0 aliphatic heterocycles. The molecule has 1 amide bonds. The minimum absolute atomic E-state index is 0.229. The average Bonchev–Trinajstić information content (AvgIpc) is 3.18. The highest BCUT2D eigenvalue weighted by molar-refractivity contribution is 5.77. The molecule has 2 rings (SSSR count). The summed E-state index contributed by atoms with van der Waals surface area (Å²) in [4.78, 5) is 18.3. The highest BCUT2D eigenvalue weighted by Crippen LogP contribution is 2.28. The van der Waals surface area contributed by atoms with Gasteiger partial charge in [0.15, 0.2) is 0 Å². The van der Waals surface area contributed by atoms with Crippen LogP contribution in [0, 0.1) is 0 Å². The van der Waals surface area contributed by atoms with Crippen LogP contribution in [0.3, 0.4) is 0 Å². The molecular weight excluding hydrogens is 214 g/mol. The third kappa shape index (κ3) is 3.53. The summed E-state index contributed by atoms with van der Waals surface area (Å²) in [7, 11) is 1.87. The number of hydrogen-bond donors (Lipinski definition) is 1. The van der Waals surface area contributed by atoms with Crippen molar-refractivity contribution in [2.45, 2.75) is 31.8 Å². The zero-order valence-corrected chi connectivity index (χ0v) is 10.2. The molecule has 1 aliphatic rings. The summed E-state index contributed by atoms with van der Waals surface area (Å²) in [6.07, 6.45) is 4.62. The molecular formula is C13H19N3O. The Morgan fingerprint density at radius 1 is 1.53 bits per heavy atom. The number of carbonyl (C=O) groups excluding carboxylic acids is 1. The summed E-state index contributed by atoms with van der Waals surface area (Å²) < 4.78 is 0. The molecule has 0 atom stereocenters. The van der Waals surface area contributed by atoms with Crippen LogP contribution in [0.15, 0.2) is 24.4 Å². The standard InChI is InChI=1S/C13H19N3O/c1-14-9-7-13(17)16(12-5-6-12)10-11-4-2-3-8-15-11/h2-4,8,12,14H,5-7,9-10H2,1H3. The number of nitrogens with zero attached hydrogens (tertiary/aromatic N) is 2. The summed E-state index contributed by atoms with van der Waals surface area (Å²) in [6.45, 7) is 1.39. The third-order valence-electron chi connectivity index (χ3n) is 2.96. The van der Waals surface area contributed by atoms with Crippen LogP contribution in [-0.4, -0.2) is 35.4 Å². The molecule has 4 heteroatoms. The van der Waals surface area contributed by atoms with Crippen molar-refractivity contribution in [1.29, 1.82) is 0 Å². The summed E-state index contributed by atoms with van der Waals surface area (Å²) in [5, 5.41) is 3.01. The van der Waals surface area contributed by atoms with E-state index in [2.05, 4.69) is 10.3 Å². The van der Waals surface area contributed by atoms with Crippen molar-refractivity contribution in [3.8, 4) is 0 Å². The highest BCUT2D eigenvalue weighted by atomic mass is 16.2. The molecule has 0 aromatic carbocycles. The molecule has 0 spiro atoms. The summed E-state index contributed by atoms with van der Waals surface area (Å²) >= 11 is 0. The molecule has 1 aliphatic carbocycles. The lowest BCUT2D eigenvalue weighted by molar-refractivity contribution is -0.132. The number of aromatic nitrogens is 1. The predicted molar refractivity (Wildman–Crippen MR) is 66.4 cm³/mol. The second-order valence-electron chi connectivity index (χ2n) is 4.43. The minimum Gasteiger partial charge on any atom is -0.334 e. The monoisotopic (exact) mass is 233 g/mol. The fraction of sp³-hybridized carbons (Fsp3) is 0.538. The van der Waals surface area contributed by atoms with Gasteiger partial charge >= 0.3 is 0 Å².